The summed E-state index contributed by atoms with van der Waals surface area (Å²) in [7, 11) is 6.61. The molecule has 0 aromatic heterocycles. The first kappa shape index (κ1) is 9.28. The molecular weight excluding hydrogens is 172 g/mol. The van der Waals surface area contributed by atoms with Crippen molar-refractivity contribution < 1.29 is 4.48 Å². The minimum atomic E-state index is 0.874. The zero-order chi connectivity index (χ0) is 10.2. The molecule has 0 atom stereocenters. The second kappa shape index (κ2) is 3.14. The molecule has 74 valence electrons. The summed E-state index contributed by atoms with van der Waals surface area (Å²) in [6, 6.07) is 8.48. The van der Waals surface area contributed by atoms with E-state index in [-0.39, 0.29) is 0 Å². The summed E-state index contributed by atoms with van der Waals surface area (Å²) in [6.45, 7) is 0.932. The van der Waals surface area contributed by atoms with Crippen LogP contribution in [0.15, 0.2) is 30.3 Å². The number of nitrogens with one attached hydrogen (secondary N) is 1. The largest absolute Gasteiger partial charge is 0.381 e. The first-order chi connectivity index (χ1) is 6.59. The van der Waals surface area contributed by atoms with Crippen LogP contribution in [0, 0.1) is 0 Å². The highest BCUT2D eigenvalue weighted by molar-refractivity contribution is 5.75. The Balaban J connectivity index is 2.51. The number of fused-ring (bicyclic) bond motifs is 1. The number of quaternary nitrogens is 1. The van der Waals surface area contributed by atoms with E-state index < -0.39 is 0 Å². The lowest BCUT2D eigenvalue weighted by Crippen LogP contribution is -2.34. The lowest BCUT2D eigenvalue weighted by molar-refractivity contribution is -0.796. The van der Waals surface area contributed by atoms with Gasteiger partial charge in [0.25, 0.3) is 0 Å². The van der Waals surface area contributed by atoms with Crippen molar-refractivity contribution in [2.24, 2.45) is 0 Å². The Morgan fingerprint density at radius 2 is 1.86 bits per heavy atom. The molecule has 2 nitrogen and oxygen atoms in total. The molecular formula is C12H17N2+. The van der Waals surface area contributed by atoms with Gasteiger partial charge in [0.15, 0.2) is 0 Å². The maximum Gasteiger partial charge on any atom is 0.139 e. The average molecular weight is 189 g/mol. The highest BCUT2D eigenvalue weighted by Gasteiger charge is 2.22. The molecule has 0 radical (unpaired) electrons. The van der Waals surface area contributed by atoms with Gasteiger partial charge < -0.3 is 5.32 Å². The Hall–Kier alpha value is -1.28. The van der Waals surface area contributed by atoms with Gasteiger partial charge in [-0.3, -0.25) is 4.48 Å². The summed E-state index contributed by atoms with van der Waals surface area (Å²) in [4.78, 5) is 0. The molecule has 1 heterocycles. The lowest BCUT2D eigenvalue weighted by atomic mass is 10.0. The van der Waals surface area contributed by atoms with Crippen molar-refractivity contribution in [3.05, 3.63) is 35.9 Å². The predicted molar refractivity (Wildman–Crippen MR) is 60.9 cm³/mol. The van der Waals surface area contributed by atoms with E-state index in [4.69, 9.17) is 0 Å². The molecule has 1 aliphatic heterocycles. The van der Waals surface area contributed by atoms with E-state index in [9.17, 15) is 0 Å². The van der Waals surface area contributed by atoms with Crippen molar-refractivity contribution in [1.82, 2.24) is 0 Å². The standard InChI is InChI=1S/C12H17N2/c1-14(2,3)12-8-9-13-11-7-5-4-6-10(11)12/h4-8,13H,9H2,1-3H3/q+1. The maximum atomic E-state index is 3.38. The van der Waals surface area contributed by atoms with Gasteiger partial charge in [0, 0.05) is 12.2 Å². The maximum absolute atomic E-state index is 3.38. The highest BCUT2D eigenvalue weighted by atomic mass is 15.3. The zero-order valence-electron chi connectivity index (χ0n) is 9.04. The molecule has 1 aromatic rings. The van der Waals surface area contributed by atoms with Gasteiger partial charge in [-0.25, -0.2) is 0 Å². The predicted octanol–water partition coefficient (Wildman–Crippen LogP) is 2.16. The van der Waals surface area contributed by atoms with E-state index in [0.717, 1.165) is 11.0 Å². The van der Waals surface area contributed by atoms with Crippen LogP contribution in [0.25, 0.3) is 5.70 Å². The molecule has 2 heteroatoms. The number of benzene rings is 1. The molecule has 0 unspecified atom stereocenters. The Morgan fingerprint density at radius 3 is 2.57 bits per heavy atom. The topological polar surface area (TPSA) is 12.0 Å². The van der Waals surface area contributed by atoms with Gasteiger partial charge >= 0.3 is 0 Å². The first-order valence-corrected chi connectivity index (χ1v) is 4.94. The van der Waals surface area contributed by atoms with Crippen LogP contribution in [0.1, 0.15) is 5.56 Å². The van der Waals surface area contributed by atoms with Gasteiger partial charge in [-0.05, 0) is 18.2 Å². The molecule has 2 rings (SSSR count). The number of para-hydroxylation sites is 1. The van der Waals surface area contributed by atoms with Gasteiger partial charge in [-0.2, -0.15) is 0 Å². The van der Waals surface area contributed by atoms with Crippen LogP contribution in [0.4, 0.5) is 5.69 Å². The van der Waals surface area contributed by atoms with Crippen LogP contribution in [0.3, 0.4) is 0 Å². The average Bonchev–Trinajstić information content (AvgIpc) is 2.15. The minimum Gasteiger partial charge on any atom is -0.381 e. The Bertz CT molecular complexity index is 372. The molecule has 1 aromatic carbocycles. The number of rotatable bonds is 1. The summed E-state index contributed by atoms with van der Waals surface area (Å²) in [6.07, 6.45) is 2.27. The number of hydrogen-bond acceptors (Lipinski definition) is 1. The second-order valence-corrected chi connectivity index (χ2v) is 4.53. The molecule has 0 fully saturated rings. The van der Waals surface area contributed by atoms with Crippen LogP contribution in [-0.4, -0.2) is 32.2 Å². The Labute approximate surface area is 85.4 Å². The van der Waals surface area contributed by atoms with E-state index >= 15 is 0 Å². The van der Waals surface area contributed by atoms with Crippen LogP contribution < -0.4 is 5.32 Å². The molecule has 14 heavy (non-hydrogen) atoms. The first-order valence-electron chi connectivity index (χ1n) is 4.94. The molecule has 1 N–H and O–H groups in total. The van der Waals surface area contributed by atoms with E-state index in [2.05, 4.69) is 56.8 Å². The summed E-state index contributed by atoms with van der Waals surface area (Å²) in [5.41, 5.74) is 3.96. The van der Waals surface area contributed by atoms with E-state index in [0.29, 0.717) is 0 Å². The van der Waals surface area contributed by atoms with E-state index in [1.807, 2.05) is 0 Å². The third kappa shape index (κ3) is 1.53. The second-order valence-electron chi connectivity index (χ2n) is 4.53. The van der Waals surface area contributed by atoms with Crippen LogP contribution in [0.5, 0.6) is 0 Å². The van der Waals surface area contributed by atoms with Crippen LogP contribution >= 0.6 is 0 Å². The van der Waals surface area contributed by atoms with Crippen molar-refractivity contribution in [3.63, 3.8) is 0 Å². The zero-order valence-corrected chi connectivity index (χ0v) is 9.04. The molecule has 0 spiro atoms. The normalized spacial score (nSPS) is 15.5. The number of hydrogen-bond donors (Lipinski definition) is 1. The fraction of sp³-hybridized carbons (Fsp3) is 0.333. The van der Waals surface area contributed by atoms with Crippen LogP contribution in [-0.2, 0) is 0 Å². The molecule has 0 amide bonds. The van der Waals surface area contributed by atoms with Crippen molar-refractivity contribution in [3.8, 4) is 0 Å². The van der Waals surface area contributed by atoms with Crippen LogP contribution in [0.2, 0.25) is 0 Å². The van der Waals surface area contributed by atoms with Crippen molar-refractivity contribution in [1.29, 1.82) is 0 Å². The van der Waals surface area contributed by atoms with Gasteiger partial charge in [0.05, 0.1) is 26.7 Å². The molecule has 0 saturated carbocycles. The molecule has 0 aliphatic carbocycles. The number of nitrogens with zero attached hydrogens (tertiary/aromatic N) is 1. The third-order valence-corrected chi connectivity index (χ3v) is 2.51. The van der Waals surface area contributed by atoms with E-state index in [1.54, 1.807) is 0 Å². The summed E-state index contributed by atoms with van der Waals surface area (Å²) < 4.78 is 0.874. The quantitative estimate of drug-likeness (QED) is 0.668. The van der Waals surface area contributed by atoms with E-state index in [1.165, 1.54) is 16.9 Å². The van der Waals surface area contributed by atoms with Gasteiger partial charge in [0.2, 0.25) is 0 Å². The fourth-order valence-corrected chi connectivity index (χ4v) is 1.86. The SMILES string of the molecule is C[N+](C)(C)C1=CCNc2ccccc21. The third-order valence-electron chi connectivity index (χ3n) is 2.51. The van der Waals surface area contributed by atoms with Crippen molar-refractivity contribution in [2.75, 3.05) is 33.0 Å². The Morgan fingerprint density at radius 1 is 1.14 bits per heavy atom. The number of anilines is 1. The highest BCUT2D eigenvalue weighted by Crippen LogP contribution is 2.30. The Kier molecular flexibility index (Phi) is 2.08. The minimum absolute atomic E-state index is 0.874. The molecule has 0 saturated heterocycles. The van der Waals surface area contributed by atoms with Crippen molar-refractivity contribution >= 4 is 11.4 Å². The van der Waals surface area contributed by atoms with Gasteiger partial charge in [0.1, 0.15) is 5.70 Å². The summed E-state index contributed by atoms with van der Waals surface area (Å²) in [5, 5.41) is 3.38. The summed E-state index contributed by atoms with van der Waals surface area (Å²) in [5.74, 6) is 0. The lowest BCUT2D eigenvalue weighted by Gasteiger charge is -2.30. The van der Waals surface area contributed by atoms with Crippen molar-refractivity contribution in [2.45, 2.75) is 0 Å². The molecule has 1 aliphatic rings. The molecule has 0 bridgehead atoms. The van der Waals surface area contributed by atoms with Gasteiger partial charge in [-0.1, -0.05) is 12.1 Å². The monoisotopic (exact) mass is 189 g/mol. The smallest absolute Gasteiger partial charge is 0.139 e. The summed E-state index contributed by atoms with van der Waals surface area (Å²) >= 11 is 0. The fourth-order valence-electron chi connectivity index (χ4n) is 1.86. The van der Waals surface area contributed by atoms with Gasteiger partial charge in [-0.15, -0.1) is 0 Å².